The molecule has 0 fully saturated rings. The van der Waals surface area contributed by atoms with Gasteiger partial charge >= 0.3 is 16.7 Å². The van der Waals surface area contributed by atoms with Crippen LogP contribution in [0.15, 0.2) is 0 Å². The molecule has 2 N–H and O–H groups in total. The molecule has 0 amide bonds. The Labute approximate surface area is 70.3 Å². The Hall–Kier alpha value is 0.400. The van der Waals surface area contributed by atoms with Crippen molar-refractivity contribution in [1.82, 2.24) is 0 Å². The van der Waals surface area contributed by atoms with Gasteiger partial charge < -0.3 is 0 Å². The van der Waals surface area contributed by atoms with Gasteiger partial charge in [-0.25, -0.2) is 5.14 Å². The van der Waals surface area contributed by atoms with Gasteiger partial charge in [0, 0.05) is 22.4 Å². The fraction of sp³-hybridized carbons (Fsp3) is 1.00. The van der Waals surface area contributed by atoms with Crippen LogP contribution in [0.2, 0.25) is 0 Å². The predicted octanol–water partition coefficient (Wildman–Crippen LogP) is -0.276. The minimum atomic E-state index is -5.23. The Kier molecular flexibility index (Phi) is 4.81. The standard InChI is InChI=1S/CH2F3NO3S.Ag/c2-1(3,4)8-9(5,6)7;/h(H2,5,6,7);. The maximum absolute atomic E-state index is 10.9. The zero-order valence-corrected chi connectivity index (χ0v) is 6.44. The van der Waals surface area contributed by atoms with Crippen molar-refractivity contribution >= 4 is 10.3 Å². The van der Waals surface area contributed by atoms with E-state index < -0.39 is 16.7 Å². The van der Waals surface area contributed by atoms with Gasteiger partial charge in [0.2, 0.25) is 0 Å². The second kappa shape index (κ2) is 3.69. The summed E-state index contributed by atoms with van der Waals surface area (Å²) >= 11 is 0. The predicted molar refractivity (Wildman–Crippen MR) is 20.2 cm³/mol. The van der Waals surface area contributed by atoms with Gasteiger partial charge in [-0.15, -0.1) is 13.2 Å². The molecule has 0 saturated carbocycles. The van der Waals surface area contributed by atoms with E-state index in [1.54, 1.807) is 0 Å². The van der Waals surface area contributed by atoms with Crippen LogP contribution in [0.5, 0.6) is 0 Å². The van der Waals surface area contributed by atoms with Crippen molar-refractivity contribution in [2.24, 2.45) is 5.14 Å². The van der Waals surface area contributed by atoms with Gasteiger partial charge in [0.25, 0.3) is 0 Å². The number of alkyl halides is 3. The number of hydrogen-bond donors (Lipinski definition) is 1. The van der Waals surface area contributed by atoms with E-state index in [0.717, 1.165) is 0 Å². The summed E-state index contributed by atoms with van der Waals surface area (Å²) in [6.07, 6.45) is -5.23. The summed E-state index contributed by atoms with van der Waals surface area (Å²) in [5, 5.41) is 3.85. The normalized spacial score (nSPS) is 12.4. The third-order valence-corrected chi connectivity index (χ3v) is 0.632. The van der Waals surface area contributed by atoms with Crippen LogP contribution in [0.1, 0.15) is 0 Å². The van der Waals surface area contributed by atoms with E-state index in [-0.39, 0.29) is 22.4 Å². The molecule has 0 rings (SSSR count). The quantitative estimate of drug-likeness (QED) is 0.668. The number of nitrogens with two attached hydrogens (primary N) is 1. The van der Waals surface area contributed by atoms with E-state index in [0.29, 0.717) is 0 Å². The summed E-state index contributed by atoms with van der Waals surface area (Å²) in [6.45, 7) is 0. The number of hydrogen-bond acceptors (Lipinski definition) is 3. The average molecular weight is 273 g/mol. The molecule has 0 bridgehead atoms. The van der Waals surface area contributed by atoms with Crippen LogP contribution in [-0.4, -0.2) is 14.8 Å². The minimum Gasteiger partial charge on any atom is -0.205 e. The summed E-state index contributed by atoms with van der Waals surface area (Å²) in [6, 6.07) is 0. The molecule has 0 saturated heterocycles. The summed E-state index contributed by atoms with van der Waals surface area (Å²) in [5.74, 6) is 0. The van der Waals surface area contributed by atoms with E-state index in [4.69, 9.17) is 0 Å². The SMILES string of the molecule is NS(=O)(=O)OC(F)(F)F.[Ag]. The zero-order valence-electron chi connectivity index (χ0n) is 4.15. The van der Waals surface area contributed by atoms with Crippen LogP contribution < -0.4 is 5.14 Å². The Balaban J connectivity index is 0. The summed E-state index contributed by atoms with van der Waals surface area (Å²) < 4.78 is 54.0. The van der Waals surface area contributed by atoms with Crippen molar-refractivity contribution in [2.45, 2.75) is 6.36 Å². The molecule has 0 aliphatic heterocycles. The fourth-order valence-corrected chi connectivity index (χ4v) is 0.395. The van der Waals surface area contributed by atoms with Crippen LogP contribution in [0.3, 0.4) is 0 Å². The molecule has 67 valence electrons. The monoisotopic (exact) mass is 272 g/mol. The maximum atomic E-state index is 10.9. The van der Waals surface area contributed by atoms with Gasteiger partial charge in [-0.1, -0.05) is 0 Å². The molecule has 0 aliphatic carbocycles. The first kappa shape index (κ1) is 13.0. The van der Waals surface area contributed by atoms with Gasteiger partial charge in [0.1, 0.15) is 0 Å². The molecule has 0 aromatic rings. The van der Waals surface area contributed by atoms with Crippen molar-refractivity contribution in [3.63, 3.8) is 0 Å². The molecule has 0 unspecified atom stereocenters. The first-order valence-corrected chi connectivity index (χ1v) is 2.98. The topological polar surface area (TPSA) is 69.4 Å². The number of halogens is 3. The minimum absolute atomic E-state index is 0. The third kappa shape index (κ3) is 11.2. The first-order chi connectivity index (χ1) is 3.71. The van der Waals surface area contributed by atoms with Gasteiger partial charge in [-0.2, -0.15) is 12.6 Å². The number of rotatable bonds is 1. The fourth-order valence-electron chi connectivity index (χ4n) is 0.132. The smallest absolute Gasteiger partial charge is 0.205 e. The second-order valence-corrected chi connectivity index (χ2v) is 2.17. The summed E-state index contributed by atoms with van der Waals surface area (Å²) in [7, 11) is -4.91. The Morgan fingerprint density at radius 1 is 1.30 bits per heavy atom. The van der Waals surface area contributed by atoms with Crippen LogP contribution in [-0.2, 0) is 36.9 Å². The summed E-state index contributed by atoms with van der Waals surface area (Å²) in [5.41, 5.74) is 0. The van der Waals surface area contributed by atoms with Crippen LogP contribution >= 0.6 is 0 Å². The largest absolute Gasteiger partial charge is 0.538 e. The molecule has 0 aromatic heterocycles. The molecular weight excluding hydrogens is 271 g/mol. The van der Waals surface area contributed by atoms with E-state index >= 15 is 0 Å². The van der Waals surface area contributed by atoms with Crippen molar-refractivity contribution in [3.05, 3.63) is 0 Å². The second-order valence-electron chi connectivity index (χ2n) is 1.02. The molecule has 0 aliphatic rings. The van der Waals surface area contributed by atoms with E-state index in [1.165, 1.54) is 0 Å². The van der Waals surface area contributed by atoms with Crippen molar-refractivity contribution in [1.29, 1.82) is 0 Å². The van der Waals surface area contributed by atoms with Crippen molar-refractivity contribution < 1.29 is 48.2 Å². The van der Waals surface area contributed by atoms with Crippen molar-refractivity contribution in [2.75, 3.05) is 0 Å². The van der Waals surface area contributed by atoms with E-state index in [1.807, 2.05) is 0 Å². The van der Waals surface area contributed by atoms with E-state index in [9.17, 15) is 21.6 Å². The third-order valence-electron chi connectivity index (χ3n) is 0.211. The molecule has 10 heavy (non-hydrogen) atoms. The first-order valence-electron chi connectivity index (χ1n) is 1.51. The maximum Gasteiger partial charge on any atom is 0.538 e. The molecule has 0 atom stereocenters. The molecule has 0 heterocycles. The van der Waals surface area contributed by atoms with Crippen LogP contribution in [0.4, 0.5) is 13.2 Å². The molecule has 1 radical (unpaired) electrons. The van der Waals surface area contributed by atoms with Gasteiger partial charge in [-0.05, 0) is 0 Å². The van der Waals surface area contributed by atoms with Gasteiger partial charge in [-0.3, -0.25) is 0 Å². The molecular formula is CH2AgF3NO3S. The summed E-state index contributed by atoms with van der Waals surface area (Å²) in [4.78, 5) is 0. The Morgan fingerprint density at radius 2 is 1.60 bits per heavy atom. The van der Waals surface area contributed by atoms with Gasteiger partial charge in [0.05, 0.1) is 0 Å². The zero-order chi connectivity index (χ0) is 7.71. The van der Waals surface area contributed by atoms with Crippen molar-refractivity contribution in [3.8, 4) is 0 Å². The molecule has 4 nitrogen and oxygen atoms in total. The average Bonchev–Trinajstić information content (AvgIpc) is 1.14. The van der Waals surface area contributed by atoms with Crippen LogP contribution in [0, 0.1) is 0 Å². The van der Waals surface area contributed by atoms with Crippen LogP contribution in [0.25, 0.3) is 0 Å². The van der Waals surface area contributed by atoms with E-state index in [2.05, 4.69) is 9.32 Å². The Bertz CT molecular complexity index is 184. The van der Waals surface area contributed by atoms with Gasteiger partial charge in [0.15, 0.2) is 0 Å². The Morgan fingerprint density at radius 3 is 1.60 bits per heavy atom. The molecule has 9 heteroatoms. The molecule has 0 spiro atoms. The molecule has 0 aromatic carbocycles.